The number of aliphatic hydroxyl groups excluding tert-OH is 5. The van der Waals surface area contributed by atoms with Crippen molar-refractivity contribution in [2.45, 2.75) is 42.7 Å². The Morgan fingerprint density at radius 3 is 2.50 bits per heavy atom. The molecule has 0 spiro atoms. The Labute approximate surface area is 159 Å². The van der Waals surface area contributed by atoms with Crippen molar-refractivity contribution in [1.82, 2.24) is 9.55 Å². The lowest BCUT2D eigenvalue weighted by molar-refractivity contribution is -0.115. The van der Waals surface area contributed by atoms with Gasteiger partial charge in [0.25, 0.3) is 0 Å². The lowest BCUT2D eigenvalue weighted by Gasteiger charge is -2.23. The molecule has 1 saturated heterocycles. The van der Waals surface area contributed by atoms with Gasteiger partial charge in [0.15, 0.2) is 11.8 Å². The number of ether oxygens (including phenoxy) is 1. The summed E-state index contributed by atoms with van der Waals surface area (Å²) >= 11 is 0. The molecule has 0 amide bonds. The van der Waals surface area contributed by atoms with Gasteiger partial charge in [0, 0.05) is 12.6 Å². The molecule has 2 unspecified atom stereocenters. The molecule has 0 aromatic carbocycles. The van der Waals surface area contributed by atoms with Gasteiger partial charge in [-0.05, 0) is 6.07 Å². The van der Waals surface area contributed by atoms with E-state index in [0.717, 1.165) is 4.57 Å². The molecule has 0 bridgehead atoms. The maximum Gasteiger partial charge on any atom is 0.351 e. The largest absolute Gasteiger partial charge is 0.394 e. The maximum absolute atomic E-state index is 11.5. The minimum Gasteiger partial charge on any atom is -0.394 e. The van der Waals surface area contributed by atoms with Gasteiger partial charge >= 0.3 is 5.69 Å². The van der Waals surface area contributed by atoms with Crippen molar-refractivity contribution in [2.75, 3.05) is 18.9 Å². The number of nitrogens with two attached hydrogens (primary N) is 1. The van der Waals surface area contributed by atoms with Crippen LogP contribution >= 0.6 is 0 Å². The number of nitrogens with zero attached hydrogens (tertiary/aromatic N) is 2. The van der Waals surface area contributed by atoms with E-state index in [-0.39, 0.29) is 12.2 Å². The van der Waals surface area contributed by atoms with Crippen LogP contribution in [0.15, 0.2) is 17.1 Å². The van der Waals surface area contributed by atoms with E-state index in [9.17, 15) is 19.8 Å². The number of hydrogen-bond donors (Lipinski definition) is 7. The first kappa shape index (κ1) is 23.7. The summed E-state index contributed by atoms with van der Waals surface area (Å²) in [6.07, 6.45) is 0.268. The molecule has 28 heavy (non-hydrogen) atoms. The standard InChI is InChI=1S/C9H13N3O5.C7H10O4/c10-5-1-2-12(9(16)11-5)8-7(15)6(14)4(3-13)17-8;1-2-7(11,5-9)6(10)3-4-8/h1-2,4,6-8,13-15H,3H2,(H2,10,11,16);1,4,6,9-11H,3,5H2/t4-,6-,7-,8-;/m1./s1. The van der Waals surface area contributed by atoms with Crippen molar-refractivity contribution in [3.05, 3.63) is 22.7 Å². The molecule has 0 saturated carbocycles. The van der Waals surface area contributed by atoms with Crippen LogP contribution in [0.3, 0.4) is 0 Å². The van der Waals surface area contributed by atoms with Gasteiger partial charge in [0.2, 0.25) is 0 Å². The van der Waals surface area contributed by atoms with Gasteiger partial charge < -0.3 is 45.9 Å². The van der Waals surface area contributed by atoms with Gasteiger partial charge in [0.05, 0.1) is 13.2 Å². The topological polar surface area (TPSA) is 209 Å². The number of aldehydes is 1. The van der Waals surface area contributed by atoms with Crippen LogP contribution in [0.5, 0.6) is 0 Å². The normalized spacial score (nSPS) is 27.0. The zero-order valence-electron chi connectivity index (χ0n) is 14.7. The molecule has 1 aromatic heterocycles. The molecular weight excluding hydrogens is 378 g/mol. The zero-order valence-corrected chi connectivity index (χ0v) is 14.7. The van der Waals surface area contributed by atoms with Gasteiger partial charge in [-0.15, -0.1) is 6.42 Å². The smallest absolute Gasteiger partial charge is 0.351 e. The summed E-state index contributed by atoms with van der Waals surface area (Å²) in [5, 5.41) is 54.8. The quantitative estimate of drug-likeness (QED) is 0.179. The molecule has 2 heterocycles. The van der Waals surface area contributed by atoms with Gasteiger partial charge in [-0.1, -0.05) is 5.92 Å². The van der Waals surface area contributed by atoms with Crippen molar-refractivity contribution in [3.63, 3.8) is 0 Å². The minimum atomic E-state index is -2.00. The van der Waals surface area contributed by atoms with E-state index in [1.54, 1.807) is 0 Å². The van der Waals surface area contributed by atoms with Gasteiger partial charge in [0.1, 0.15) is 36.5 Å². The Morgan fingerprint density at radius 2 is 2.07 bits per heavy atom. The van der Waals surface area contributed by atoms with E-state index in [4.69, 9.17) is 37.3 Å². The fourth-order valence-electron chi connectivity index (χ4n) is 2.26. The summed E-state index contributed by atoms with van der Waals surface area (Å²) in [5.74, 6) is 1.86. The molecule has 1 fully saturated rings. The number of nitrogen functional groups attached to an aromatic ring is 1. The molecule has 1 aliphatic heterocycles. The average Bonchev–Trinajstić information content (AvgIpc) is 2.96. The van der Waals surface area contributed by atoms with Crippen LogP contribution in [0.1, 0.15) is 12.6 Å². The Morgan fingerprint density at radius 1 is 1.43 bits per heavy atom. The number of hydrogen-bond acceptors (Lipinski definition) is 11. The van der Waals surface area contributed by atoms with Crippen molar-refractivity contribution in [2.24, 2.45) is 0 Å². The van der Waals surface area contributed by atoms with Gasteiger partial charge in [-0.25, -0.2) is 4.79 Å². The van der Waals surface area contributed by atoms with E-state index in [1.165, 1.54) is 12.3 Å². The second kappa shape index (κ2) is 10.2. The highest BCUT2D eigenvalue weighted by molar-refractivity contribution is 5.51. The summed E-state index contributed by atoms with van der Waals surface area (Å²) in [4.78, 5) is 24.9. The Bertz CT molecular complexity index is 750. The number of terminal acetylenes is 1. The molecule has 1 aliphatic rings. The molecule has 0 aliphatic carbocycles. The van der Waals surface area contributed by atoms with Crippen LogP contribution in [0, 0.1) is 12.3 Å². The molecule has 12 nitrogen and oxygen atoms in total. The van der Waals surface area contributed by atoms with Crippen LogP contribution in [0.2, 0.25) is 0 Å². The molecule has 8 N–H and O–H groups in total. The zero-order chi connectivity index (χ0) is 21.5. The van der Waals surface area contributed by atoms with Gasteiger partial charge in [-0.2, -0.15) is 4.98 Å². The molecular formula is C16H23N3O9. The summed E-state index contributed by atoms with van der Waals surface area (Å²) in [6, 6.07) is 1.37. The Kier molecular flexibility index (Phi) is 8.66. The van der Waals surface area contributed by atoms with Crippen LogP contribution in [0.4, 0.5) is 5.82 Å². The summed E-state index contributed by atoms with van der Waals surface area (Å²) in [6.45, 7) is -1.22. The predicted molar refractivity (Wildman–Crippen MR) is 93.5 cm³/mol. The van der Waals surface area contributed by atoms with Crippen LogP contribution in [-0.2, 0) is 9.53 Å². The third-order valence-electron chi connectivity index (χ3n) is 4.00. The summed E-state index contributed by atoms with van der Waals surface area (Å²) in [5.41, 5.74) is 2.63. The molecule has 2 rings (SSSR count). The van der Waals surface area contributed by atoms with Crippen LogP contribution in [-0.4, -0.2) is 89.7 Å². The average molecular weight is 401 g/mol. The Balaban J connectivity index is 0.000000311. The molecule has 156 valence electrons. The number of rotatable bonds is 6. The fourth-order valence-corrected chi connectivity index (χ4v) is 2.26. The first-order chi connectivity index (χ1) is 13.1. The van der Waals surface area contributed by atoms with Crippen molar-refractivity contribution >= 4 is 12.1 Å². The number of aliphatic hydroxyl groups is 6. The maximum atomic E-state index is 11.5. The third-order valence-corrected chi connectivity index (χ3v) is 4.00. The highest BCUT2D eigenvalue weighted by Gasteiger charge is 2.43. The van der Waals surface area contributed by atoms with Gasteiger partial charge in [-0.3, -0.25) is 4.57 Å². The number of aromatic nitrogens is 2. The highest BCUT2D eigenvalue weighted by Crippen LogP contribution is 2.27. The molecule has 6 atom stereocenters. The second-order valence-corrected chi connectivity index (χ2v) is 5.92. The Hall–Kier alpha value is -2.37. The fraction of sp³-hybridized carbons (Fsp3) is 0.562. The summed E-state index contributed by atoms with van der Waals surface area (Å²) < 4.78 is 6.19. The molecule has 0 radical (unpaired) electrons. The number of carbonyl (C=O) groups is 1. The van der Waals surface area contributed by atoms with E-state index in [0.29, 0.717) is 6.29 Å². The number of anilines is 1. The molecule has 12 heteroatoms. The van der Waals surface area contributed by atoms with E-state index in [1.807, 2.05) is 5.92 Å². The monoisotopic (exact) mass is 401 g/mol. The number of carbonyl (C=O) groups excluding carboxylic acids is 1. The second-order valence-electron chi connectivity index (χ2n) is 5.92. The van der Waals surface area contributed by atoms with Crippen LogP contribution < -0.4 is 11.4 Å². The first-order valence-electron chi connectivity index (χ1n) is 8.05. The summed E-state index contributed by atoms with van der Waals surface area (Å²) in [7, 11) is 0. The molecule has 1 aromatic rings. The van der Waals surface area contributed by atoms with Crippen LogP contribution in [0.25, 0.3) is 0 Å². The van der Waals surface area contributed by atoms with Crippen molar-refractivity contribution < 1.29 is 40.2 Å². The van der Waals surface area contributed by atoms with E-state index >= 15 is 0 Å². The SMILES string of the molecule is C#CC(O)(CO)C(O)CC=O.Nc1ccn([C@@H]2O[C@H](CO)[C@@H](O)[C@H]2O)c(=O)n1. The third kappa shape index (κ3) is 5.33. The first-order valence-corrected chi connectivity index (χ1v) is 8.05. The van der Waals surface area contributed by atoms with Crippen molar-refractivity contribution in [3.8, 4) is 12.3 Å². The highest BCUT2D eigenvalue weighted by atomic mass is 16.6. The lowest BCUT2D eigenvalue weighted by Crippen LogP contribution is -2.44. The predicted octanol–water partition coefficient (Wildman–Crippen LogP) is -4.27. The lowest BCUT2D eigenvalue weighted by atomic mass is 9.97. The van der Waals surface area contributed by atoms with E-state index < -0.39 is 55.1 Å². The van der Waals surface area contributed by atoms with E-state index in [2.05, 4.69) is 4.98 Å². The minimum absolute atomic E-state index is 0.0537. The van der Waals surface area contributed by atoms with Crippen molar-refractivity contribution in [1.29, 1.82) is 0 Å².